The van der Waals surface area contributed by atoms with Crippen LogP contribution < -0.4 is 0 Å². The van der Waals surface area contributed by atoms with E-state index in [1.807, 2.05) is 48.9 Å². The predicted octanol–water partition coefficient (Wildman–Crippen LogP) is 5.74. The average molecular weight is 494 g/mol. The number of thiophene rings is 1. The van der Waals surface area contributed by atoms with Gasteiger partial charge in [0, 0.05) is 16.6 Å². The number of fused-ring (bicyclic) bond motifs is 5. The van der Waals surface area contributed by atoms with Gasteiger partial charge in [0.05, 0.1) is 17.8 Å². The summed E-state index contributed by atoms with van der Waals surface area (Å²) in [6.45, 7) is 6.30. The van der Waals surface area contributed by atoms with Gasteiger partial charge in [-0.05, 0) is 44.0 Å². The first-order valence-corrected chi connectivity index (χ1v) is 11.6. The van der Waals surface area contributed by atoms with Crippen LogP contribution in [-0.4, -0.2) is 34.3 Å². The van der Waals surface area contributed by atoms with E-state index < -0.39 is 11.9 Å². The number of alkyl halides is 3. The van der Waals surface area contributed by atoms with Gasteiger partial charge < -0.3 is 0 Å². The molecule has 0 saturated heterocycles. The van der Waals surface area contributed by atoms with Crippen molar-refractivity contribution in [3.05, 3.63) is 70.9 Å². The molecule has 0 spiro atoms. The fourth-order valence-electron chi connectivity index (χ4n) is 4.24. The van der Waals surface area contributed by atoms with E-state index in [1.165, 1.54) is 6.33 Å². The molecule has 6 aromatic rings. The van der Waals surface area contributed by atoms with Crippen molar-refractivity contribution < 1.29 is 13.2 Å². The minimum Gasteiger partial charge on any atom is -0.265 e. The molecule has 0 N–H and O–H groups in total. The van der Waals surface area contributed by atoms with Crippen molar-refractivity contribution in [3.8, 4) is 11.4 Å². The van der Waals surface area contributed by atoms with E-state index in [1.54, 1.807) is 11.4 Å². The van der Waals surface area contributed by atoms with Gasteiger partial charge in [-0.15, -0.1) is 16.4 Å². The maximum Gasteiger partial charge on any atom is 0.433 e. The maximum atomic E-state index is 13.3. The van der Waals surface area contributed by atoms with E-state index in [2.05, 4.69) is 20.2 Å². The lowest BCUT2D eigenvalue weighted by Crippen LogP contribution is -2.07. The molecule has 7 nitrogen and oxygen atoms in total. The second-order valence-electron chi connectivity index (χ2n) is 8.51. The molecule has 0 saturated carbocycles. The molecule has 0 aliphatic carbocycles. The van der Waals surface area contributed by atoms with Crippen LogP contribution in [0.1, 0.15) is 28.2 Å². The first-order valence-electron chi connectivity index (χ1n) is 10.8. The zero-order chi connectivity index (χ0) is 24.5. The summed E-state index contributed by atoms with van der Waals surface area (Å²) in [5.74, 6) is 0.509. The Bertz CT molecular complexity index is 1740. The van der Waals surface area contributed by atoms with Crippen molar-refractivity contribution in [3.63, 3.8) is 0 Å². The highest BCUT2D eigenvalue weighted by molar-refractivity contribution is 7.26. The normalized spacial score (nSPS) is 12.4. The molecule has 0 aliphatic rings. The molecule has 0 fully saturated rings. The number of aryl methyl sites for hydroxylation is 3. The van der Waals surface area contributed by atoms with Crippen LogP contribution in [0.3, 0.4) is 0 Å². The van der Waals surface area contributed by atoms with E-state index in [-0.39, 0.29) is 4.83 Å². The summed E-state index contributed by atoms with van der Waals surface area (Å²) in [5, 5.41) is 9.66. The molecule has 1 aromatic carbocycles. The van der Waals surface area contributed by atoms with Crippen molar-refractivity contribution in [2.45, 2.75) is 33.5 Å². The van der Waals surface area contributed by atoms with Gasteiger partial charge in [-0.25, -0.2) is 19.5 Å². The minimum atomic E-state index is -4.51. The Hall–Kier alpha value is -3.86. The topological polar surface area (TPSA) is 73.8 Å². The molecule has 6 rings (SSSR count). The van der Waals surface area contributed by atoms with Gasteiger partial charge in [0.1, 0.15) is 21.6 Å². The molecule has 11 heteroatoms. The lowest BCUT2D eigenvalue weighted by molar-refractivity contribution is -0.141. The summed E-state index contributed by atoms with van der Waals surface area (Å²) >= 11 is 1.14. The molecule has 0 aliphatic heterocycles. The Morgan fingerprint density at radius 2 is 1.74 bits per heavy atom. The molecule has 0 bridgehead atoms. The summed E-state index contributed by atoms with van der Waals surface area (Å²) in [6, 6.07) is 11.0. The Balaban J connectivity index is 1.40. The average Bonchev–Trinajstić information content (AvgIpc) is 3.48. The number of halogens is 3. The van der Waals surface area contributed by atoms with Crippen LogP contribution in [0.5, 0.6) is 0 Å². The largest absolute Gasteiger partial charge is 0.433 e. The van der Waals surface area contributed by atoms with Crippen LogP contribution in [0.15, 0.2) is 42.7 Å². The van der Waals surface area contributed by atoms with Gasteiger partial charge in [-0.3, -0.25) is 4.68 Å². The highest BCUT2D eigenvalue weighted by Crippen LogP contribution is 2.38. The van der Waals surface area contributed by atoms with Gasteiger partial charge in [-0.2, -0.15) is 18.3 Å². The third kappa shape index (κ3) is 3.63. The zero-order valence-electron chi connectivity index (χ0n) is 18.9. The monoisotopic (exact) mass is 493 g/mol. The Morgan fingerprint density at radius 3 is 2.43 bits per heavy atom. The van der Waals surface area contributed by atoms with E-state index >= 15 is 0 Å². The molecule has 0 unspecified atom stereocenters. The fraction of sp³-hybridized carbons (Fsp3) is 0.208. The predicted molar refractivity (Wildman–Crippen MR) is 127 cm³/mol. The summed E-state index contributed by atoms with van der Waals surface area (Å²) in [7, 11) is 0. The third-order valence-corrected chi connectivity index (χ3v) is 6.97. The molecule has 35 heavy (non-hydrogen) atoms. The number of benzene rings is 1. The van der Waals surface area contributed by atoms with Crippen molar-refractivity contribution in [2.75, 3.05) is 0 Å². The van der Waals surface area contributed by atoms with Crippen LogP contribution in [0.25, 0.3) is 37.5 Å². The SMILES string of the molecule is Cc1cc(C)n(Cc2ccc(-c3nc4c5sc6nc(C(F)(F)F)cc(C)c6c5ncn4n3)cc2)n1. The van der Waals surface area contributed by atoms with Crippen LogP contribution in [0.2, 0.25) is 0 Å². The quantitative estimate of drug-likeness (QED) is 0.314. The standard InChI is InChI=1S/C24H18F3N7S/c1-12-8-17(24(25,26)27)29-23-18(12)19-20(35-23)22-30-21(32-34(22)11-28-19)16-6-4-15(5-7-16)10-33-14(3)9-13(2)31-33/h4-9,11H,10H2,1-3H3. The summed E-state index contributed by atoms with van der Waals surface area (Å²) in [4.78, 5) is 13.3. The Morgan fingerprint density at radius 1 is 0.971 bits per heavy atom. The summed E-state index contributed by atoms with van der Waals surface area (Å²) in [6.07, 6.45) is -2.98. The third-order valence-electron chi connectivity index (χ3n) is 5.90. The molecule has 0 amide bonds. The molecular weight excluding hydrogens is 475 g/mol. The number of nitrogens with zero attached hydrogens (tertiary/aromatic N) is 7. The molecular formula is C24H18F3N7S. The molecule has 0 atom stereocenters. The molecule has 176 valence electrons. The van der Waals surface area contributed by atoms with Gasteiger partial charge >= 0.3 is 6.18 Å². The number of aromatic nitrogens is 7. The van der Waals surface area contributed by atoms with Gasteiger partial charge in [0.15, 0.2) is 11.5 Å². The number of hydrogen-bond acceptors (Lipinski definition) is 6. The van der Waals surface area contributed by atoms with E-state index in [9.17, 15) is 13.2 Å². The Kier molecular flexibility index (Phi) is 4.69. The Labute approximate surface area is 200 Å². The number of rotatable bonds is 3. The van der Waals surface area contributed by atoms with E-state index in [0.717, 1.165) is 39.9 Å². The zero-order valence-corrected chi connectivity index (χ0v) is 19.7. The first kappa shape index (κ1) is 21.7. The van der Waals surface area contributed by atoms with E-state index in [4.69, 9.17) is 4.98 Å². The molecule has 5 aromatic heterocycles. The van der Waals surface area contributed by atoms with Gasteiger partial charge in [0.25, 0.3) is 0 Å². The van der Waals surface area contributed by atoms with Crippen molar-refractivity contribution in [1.29, 1.82) is 0 Å². The first-order chi connectivity index (χ1) is 16.7. The highest BCUT2D eigenvalue weighted by atomic mass is 32.1. The minimum absolute atomic E-state index is 0.283. The summed E-state index contributed by atoms with van der Waals surface area (Å²) in [5.41, 5.74) is 4.68. The fourth-order valence-corrected chi connectivity index (χ4v) is 5.42. The maximum absolute atomic E-state index is 13.3. The smallest absolute Gasteiger partial charge is 0.265 e. The highest BCUT2D eigenvalue weighted by Gasteiger charge is 2.33. The van der Waals surface area contributed by atoms with Gasteiger partial charge in [-0.1, -0.05) is 24.3 Å². The second kappa shape index (κ2) is 7.57. The van der Waals surface area contributed by atoms with E-state index in [0.29, 0.717) is 39.2 Å². The lowest BCUT2D eigenvalue weighted by atomic mass is 10.1. The van der Waals surface area contributed by atoms with Crippen molar-refractivity contribution in [2.24, 2.45) is 0 Å². The second-order valence-corrected chi connectivity index (χ2v) is 9.51. The number of hydrogen-bond donors (Lipinski definition) is 0. The van der Waals surface area contributed by atoms with Crippen LogP contribution >= 0.6 is 11.3 Å². The number of pyridine rings is 1. The lowest BCUT2D eigenvalue weighted by Gasteiger charge is -2.06. The molecule has 5 heterocycles. The van der Waals surface area contributed by atoms with Gasteiger partial charge in [0.2, 0.25) is 0 Å². The van der Waals surface area contributed by atoms with Crippen LogP contribution in [0, 0.1) is 20.8 Å². The van der Waals surface area contributed by atoms with Crippen molar-refractivity contribution >= 4 is 37.4 Å². The van der Waals surface area contributed by atoms with Crippen molar-refractivity contribution in [1.82, 2.24) is 34.3 Å². The van der Waals surface area contributed by atoms with Crippen LogP contribution in [-0.2, 0) is 12.7 Å². The van der Waals surface area contributed by atoms with Crippen LogP contribution in [0.4, 0.5) is 13.2 Å². The molecule has 0 radical (unpaired) electrons. The summed E-state index contributed by atoms with van der Waals surface area (Å²) < 4.78 is 43.9.